The van der Waals surface area contributed by atoms with E-state index < -0.39 is 34.6 Å². The summed E-state index contributed by atoms with van der Waals surface area (Å²) in [7, 11) is -1.66. The van der Waals surface area contributed by atoms with Crippen LogP contribution in [-0.2, 0) is 28.5 Å². The number of carbonyl (C=O) groups excluding carboxylic acids is 1. The van der Waals surface area contributed by atoms with Crippen LogP contribution in [0.3, 0.4) is 0 Å². The number of halogens is 4. The lowest BCUT2D eigenvalue weighted by Crippen LogP contribution is -2.43. The first kappa shape index (κ1) is 24.9. The number of nitrogens with zero attached hydrogens (tertiary/aromatic N) is 1. The van der Waals surface area contributed by atoms with Gasteiger partial charge >= 0.3 is 6.18 Å². The lowest BCUT2D eigenvalue weighted by atomic mass is 10.2. The van der Waals surface area contributed by atoms with Crippen molar-refractivity contribution < 1.29 is 31.3 Å². The van der Waals surface area contributed by atoms with Gasteiger partial charge in [-0.2, -0.15) is 13.2 Å². The molecule has 184 valence electrons. The quantitative estimate of drug-likeness (QED) is 0.434. The molecular weight excluding hydrogens is 484 g/mol. The third-order valence-corrected chi connectivity index (χ3v) is 7.02. The number of hydrogen-bond donors (Lipinski definition) is 1. The van der Waals surface area contributed by atoms with Crippen LogP contribution < -0.4 is 10.1 Å². The van der Waals surface area contributed by atoms with Crippen molar-refractivity contribution in [1.82, 2.24) is 9.62 Å². The minimum absolute atomic E-state index is 0.181. The zero-order valence-corrected chi connectivity index (χ0v) is 19.2. The minimum Gasteiger partial charge on any atom is -0.457 e. The second-order valence-corrected chi connectivity index (χ2v) is 9.43. The summed E-state index contributed by atoms with van der Waals surface area (Å²) in [6.45, 7) is 0.637. The number of ether oxygens (including phenoxy) is 1. The Morgan fingerprint density at radius 3 is 2.49 bits per heavy atom. The number of benzene rings is 3. The molecule has 3 aromatic carbocycles. The largest absolute Gasteiger partial charge is 0.457 e. The molecule has 0 spiro atoms. The van der Waals surface area contributed by atoms with Crippen molar-refractivity contribution >= 4 is 16.9 Å². The molecule has 5 nitrogen and oxygen atoms in total. The molecule has 10 heteroatoms. The molecule has 1 saturated heterocycles. The second-order valence-electron chi connectivity index (χ2n) is 7.99. The number of hydrogen-bond acceptors (Lipinski definition) is 3. The summed E-state index contributed by atoms with van der Waals surface area (Å²) in [6, 6.07) is 16.1. The minimum atomic E-state index is -4.42. The van der Waals surface area contributed by atoms with Crippen molar-refractivity contribution in [2.45, 2.75) is 36.5 Å². The van der Waals surface area contributed by atoms with Gasteiger partial charge in [-0.05, 0) is 73.0 Å². The normalized spacial score (nSPS) is 17.2. The number of nitrogens with one attached hydrogen (secondary N) is 1. The number of carbonyl (C=O) groups is 1. The highest BCUT2D eigenvalue weighted by atomic mass is 32.2. The van der Waals surface area contributed by atoms with Gasteiger partial charge in [-0.3, -0.25) is 4.79 Å². The highest BCUT2D eigenvalue weighted by Crippen LogP contribution is 2.31. The maximum atomic E-state index is 13.5. The first-order valence-electron chi connectivity index (χ1n) is 10.9. The van der Waals surface area contributed by atoms with Gasteiger partial charge in [-0.25, -0.2) is 12.9 Å². The van der Waals surface area contributed by atoms with Crippen LogP contribution in [0, 0.1) is 5.82 Å². The van der Waals surface area contributed by atoms with Crippen LogP contribution in [0.15, 0.2) is 77.7 Å². The monoisotopic (exact) mass is 506 g/mol. The van der Waals surface area contributed by atoms with Gasteiger partial charge in [0.05, 0.1) is 10.5 Å². The molecule has 1 fully saturated rings. The highest BCUT2D eigenvalue weighted by Gasteiger charge is 2.35. The van der Waals surface area contributed by atoms with Gasteiger partial charge in [0.25, 0.3) is 0 Å². The molecule has 3 aromatic rings. The molecule has 2 atom stereocenters. The van der Waals surface area contributed by atoms with Gasteiger partial charge in [-0.15, -0.1) is 0 Å². The summed E-state index contributed by atoms with van der Waals surface area (Å²) >= 11 is 0. The summed E-state index contributed by atoms with van der Waals surface area (Å²) in [5.41, 5.74) is -0.0424. The van der Waals surface area contributed by atoms with E-state index in [1.807, 2.05) is 0 Å². The Kier molecular flexibility index (Phi) is 7.51. The zero-order chi connectivity index (χ0) is 25.0. The molecule has 0 aliphatic carbocycles. The fourth-order valence-corrected chi connectivity index (χ4v) is 5.19. The number of amides is 1. The fourth-order valence-electron chi connectivity index (χ4n) is 3.79. The van der Waals surface area contributed by atoms with E-state index >= 15 is 0 Å². The number of rotatable bonds is 7. The van der Waals surface area contributed by atoms with E-state index in [1.165, 1.54) is 30.3 Å². The molecule has 4 rings (SSSR count). The Labute approximate surface area is 202 Å². The molecule has 0 bridgehead atoms. The molecule has 0 radical (unpaired) electrons. The highest BCUT2D eigenvalue weighted by molar-refractivity contribution is 7.82. The van der Waals surface area contributed by atoms with Gasteiger partial charge in [-0.1, -0.05) is 18.2 Å². The average Bonchev–Trinajstić information content (AvgIpc) is 3.32. The average molecular weight is 507 g/mol. The molecule has 2 unspecified atom stereocenters. The summed E-state index contributed by atoms with van der Waals surface area (Å²) in [5.74, 6) is -0.123. The summed E-state index contributed by atoms with van der Waals surface area (Å²) in [4.78, 5) is 13.1. The maximum absolute atomic E-state index is 13.5. The van der Waals surface area contributed by atoms with Crippen molar-refractivity contribution in [3.63, 3.8) is 0 Å². The number of alkyl halides is 3. The van der Waals surface area contributed by atoms with Crippen LogP contribution in [0.4, 0.5) is 17.6 Å². The smallest absolute Gasteiger partial charge is 0.416 e. The Morgan fingerprint density at radius 1 is 1.03 bits per heavy atom. The van der Waals surface area contributed by atoms with Gasteiger partial charge in [0, 0.05) is 13.1 Å². The van der Waals surface area contributed by atoms with Crippen molar-refractivity contribution in [3.8, 4) is 11.5 Å². The van der Waals surface area contributed by atoms with Crippen LogP contribution in [0.25, 0.3) is 0 Å². The molecule has 1 heterocycles. The molecule has 1 amide bonds. The Hall–Kier alpha value is -3.24. The predicted octanol–water partition coefficient (Wildman–Crippen LogP) is 5.44. The first-order chi connectivity index (χ1) is 16.7. The fraction of sp³-hybridized carbons (Fsp3) is 0.240. The topological polar surface area (TPSA) is 58.6 Å². The molecular formula is C25H22F4N2O3S. The summed E-state index contributed by atoms with van der Waals surface area (Å²) in [5, 5.41) is 2.83. The SMILES string of the molecule is O=C(NCc1cccc(Oc2ccc(C(F)(F)F)cc2)c1)C1CCCN1S(=O)c1cccc(F)c1. The van der Waals surface area contributed by atoms with E-state index in [-0.39, 0.29) is 18.2 Å². The van der Waals surface area contributed by atoms with Crippen LogP contribution in [0.1, 0.15) is 24.0 Å². The summed E-state index contributed by atoms with van der Waals surface area (Å²) < 4.78 is 71.8. The van der Waals surface area contributed by atoms with Crippen LogP contribution >= 0.6 is 0 Å². The second kappa shape index (κ2) is 10.6. The lowest BCUT2D eigenvalue weighted by molar-refractivity contribution is -0.137. The standard InChI is InChI=1S/C25H22F4N2O3S/c26-19-5-2-7-22(15-19)35(33)31-13-3-8-23(31)24(32)30-16-17-4-1-6-21(14-17)34-20-11-9-18(10-12-20)25(27,28)29/h1-2,4-7,9-12,14-15,23H,3,8,13,16H2,(H,30,32). The third-order valence-electron chi connectivity index (χ3n) is 5.50. The van der Waals surface area contributed by atoms with Crippen molar-refractivity contribution in [2.24, 2.45) is 0 Å². The first-order valence-corrected chi connectivity index (χ1v) is 12.0. The van der Waals surface area contributed by atoms with Gasteiger partial charge in [0.2, 0.25) is 5.91 Å². The molecule has 35 heavy (non-hydrogen) atoms. The van der Waals surface area contributed by atoms with E-state index in [1.54, 1.807) is 34.6 Å². The van der Waals surface area contributed by atoms with Crippen molar-refractivity contribution in [1.29, 1.82) is 0 Å². The van der Waals surface area contributed by atoms with Gasteiger partial charge < -0.3 is 10.1 Å². The van der Waals surface area contributed by atoms with E-state index in [0.29, 0.717) is 30.0 Å². The molecule has 1 N–H and O–H groups in total. The van der Waals surface area contributed by atoms with Gasteiger partial charge in [0.15, 0.2) is 0 Å². The molecule has 1 aliphatic rings. The Balaban J connectivity index is 1.36. The van der Waals surface area contributed by atoms with E-state index in [2.05, 4.69) is 5.32 Å². The van der Waals surface area contributed by atoms with E-state index in [9.17, 15) is 26.6 Å². The van der Waals surface area contributed by atoms with E-state index in [0.717, 1.165) is 17.7 Å². The van der Waals surface area contributed by atoms with Crippen molar-refractivity contribution in [3.05, 3.63) is 89.7 Å². The Bertz CT molecular complexity index is 1220. The molecule has 0 saturated carbocycles. The maximum Gasteiger partial charge on any atom is 0.416 e. The third kappa shape index (κ3) is 6.26. The Morgan fingerprint density at radius 2 is 1.77 bits per heavy atom. The summed E-state index contributed by atoms with van der Waals surface area (Å²) in [6.07, 6.45) is -3.20. The zero-order valence-electron chi connectivity index (χ0n) is 18.4. The molecule has 0 aromatic heterocycles. The van der Waals surface area contributed by atoms with Crippen molar-refractivity contribution in [2.75, 3.05) is 6.54 Å². The van der Waals surface area contributed by atoms with Crippen LogP contribution in [-0.4, -0.2) is 27.0 Å². The van der Waals surface area contributed by atoms with Crippen LogP contribution in [0.5, 0.6) is 11.5 Å². The lowest BCUT2D eigenvalue weighted by Gasteiger charge is -2.22. The predicted molar refractivity (Wildman–Crippen MR) is 122 cm³/mol. The van der Waals surface area contributed by atoms with E-state index in [4.69, 9.17) is 4.74 Å². The van der Waals surface area contributed by atoms with Crippen LogP contribution in [0.2, 0.25) is 0 Å². The van der Waals surface area contributed by atoms with Gasteiger partial charge in [0.1, 0.15) is 34.3 Å². The molecule has 1 aliphatic heterocycles.